The zero-order valence-electron chi connectivity index (χ0n) is 39.7. The third kappa shape index (κ3) is 46.4. The van der Waals surface area contributed by atoms with Crippen LogP contribution in [0, 0.1) is 0 Å². The van der Waals surface area contributed by atoms with Crippen molar-refractivity contribution in [3.05, 3.63) is 48.6 Å². The minimum atomic E-state index is -0.779. The first-order valence-electron chi connectivity index (χ1n) is 25.6. The number of unbranched alkanes of at least 4 members (excludes halogenated alkanes) is 27. The van der Waals surface area contributed by atoms with E-state index in [4.69, 9.17) is 14.2 Å². The van der Waals surface area contributed by atoms with Gasteiger partial charge in [-0.1, -0.05) is 204 Å². The molecular formula is C54H96O6. The van der Waals surface area contributed by atoms with E-state index in [0.717, 1.165) is 89.9 Å². The van der Waals surface area contributed by atoms with Crippen molar-refractivity contribution in [3.63, 3.8) is 0 Å². The van der Waals surface area contributed by atoms with Gasteiger partial charge in [-0.15, -0.1) is 0 Å². The SMILES string of the molecule is CCCCC/C=C\C/C=C\C/C=C\CCCCCCCCC(=O)OC[C@@H](COC(=O)CCCCCCCCCCCCC)OC(=O)CCCCCCC/C=C\CCCCC. The summed E-state index contributed by atoms with van der Waals surface area (Å²) in [7, 11) is 0. The van der Waals surface area contributed by atoms with Crippen LogP contribution in [-0.4, -0.2) is 37.2 Å². The van der Waals surface area contributed by atoms with Crippen LogP contribution in [0.15, 0.2) is 48.6 Å². The minimum absolute atomic E-state index is 0.0788. The van der Waals surface area contributed by atoms with Crippen molar-refractivity contribution >= 4 is 17.9 Å². The Morgan fingerprint density at radius 3 is 0.983 bits per heavy atom. The van der Waals surface area contributed by atoms with Crippen molar-refractivity contribution in [3.8, 4) is 0 Å². The lowest BCUT2D eigenvalue weighted by Crippen LogP contribution is -2.30. The third-order valence-electron chi connectivity index (χ3n) is 11.1. The van der Waals surface area contributed by atoms with Gasteiger partial charge in [0.2, 0.25) is 0 Å². The molecular weight excluding hydrogens is 745 g/mol. The fraction of sp³-hybridized carbons (Fsp3) is 0.796. The molecule has 0 aliphatic heterocycles. The highest BCUT2D eigenvalue weighted by atomic mass is 16.6. The molecule has 0 N–H and O–H groups in total. The zero-order valence-corrected chi connectivity index (χ0v) is 39.7. The molecule has 0 saturated heterocycles. The number of hydrogen-bond donors (Lipinski definition) is 0. The summed E-state index contributed by atoms with van der Waals surface area (Å²) in [5, 5.41) is 0. The number of rotatable bonds is 46. The molecule has 0 spiro atoms. The fourth-order valence-corrected chi connectivity index (χ4v) is 7.15. The van der Waals surface area contributed by atoms with Crippen LogP contribution < -0.4 is 0 Å². The van der Waals surface area contributed by atoms with Crippen LogP contribution in [0.3, 0.4) is 0 Å². The molecule has 1 atom stereocenters. The Morgan fingerprint density at radius 1 is 0.333 bits per heavy atom. The second-order valence-electron chi connectivity index (χ2n) is 17.1. The van der Waals surface area contributed by atoms with E-state index in [1.54, 1.807) is 0 Å². The van der Waals surface area contributed by atoms with Gasteiger partial charge in [-0.05, 0) is 83.5 Å². The fourth-order valence-electron chi connectivity index (χ4n) is 7.15. The number of ether oxygens (including phenoxy) is 3. The summed E-state index contributed by atoms with van der Waals surface area (Å²) in [6.07, 6.45) is 58.0. The standard InChI is InChI=1S/C54H96O6/c1-4-7-10-13-16-19-22-24-25-26-27-28-29-30-33-35-38-41-44-47-53(56)59-50-51(49-58-52(55)46-43-40-37-34-31-21-18-15-12-9-6-3)60-54(57)48-45-42-39-36-32-23-20-17-14-11-8-5-2/h16-17,19-20,24-25,27-28,51H,4-15,18,21-23,26,29-50H2,1-3H3/b19-16-,20-17-,25-24-,28-27-/t51-/m1/s1. The first kappa shape index (κ1) is 57.4. The molecule has 0 aliphatic rings. The second-order valence-corrected chi connectivity index (χ2v) is 17.1. The summed E-state index contributed by atoms with van der Waals surface area (Å²) in [6.45, 7) is 6.57. The minimum Gasteiger partial charge on any atom is -0.462 e. The molecule has 0 heterocycles. The van der Waals surface area contributed by atoms with E-state index in [0.29, 0.717) is 19.3 Å². The number of esters is 3. The molecule has 0 aromatic heterocycles. The Hall–Kier alpha value is -2.63. The van der Waals surface area contributed by atoms with E-state index in [1.165, 1.54) is 128 Å². The van der Waals surface area contributed by atoms with Crippen LogP contribution >= 0.6 is 0 Å². The van der Waals surface area contributed by atoms with Crippen LogP contribution in [0.1, 0.15) is 258 Å². The van der Waals surface area contributed by atoms with Crippen LogP contribution in [0.2, 0.25) is 0 Å². The van der Waals surface area contributed by atoms with E-state index >= 15 is 0 Å². The Balaban J connectivity index is 4.35. The lowest BCUT2D eigenvalue weighted by molar-refractivity contribution is -0.167. The summed E-state index contributed by atoms with van der Waals surface area (Å²) in [4.78, 5) is 37.9. The summed E-state index contributed by atoms with van der Waals surface area (Å²) < 4.78 is 16.8. The lowest BCUT2D eigenvalue weighted by atomic mass is 10.1. The Morgan fingerprint density at radius 2 is 0.600 bits per heavy atom. The topological polar surface area (TPSA) is 78.9 Å². The number of hydrogen-bond acceptors (Lipinski definition) is 6. The molecule has 0 saturated carbocycles. The molecule has 60 heavy (non-hydrogen) atoms. The summed E-state index contributed by atoms with van der Waals surface area (Å²) in [6, 6.07) is 0. The van der Waals surface area contributed by atoms with Crippen LogP contribution in [0.4, 0.5) is 0 Å². The van der Waals surface area contributed by atoms with Gasteiger partial charge < -0.3 is 14.2 Å². The van der Waals surface area contributed by atoms with E-state index < -0.39 is 6.10 Å². The molecule has 6 nitrogen and oxygen atoms in total. The predicted molar refractivity (Wildman–Crippen MR) is 256 cm³/mol. The number of allylic oxidation sites excluding steroid dienone is 8. The highest BCUT2D eigenvalue weighted by Crippen LogP contribution is 2.14. The lowest BCUT2D eigenvalue weighted by Gasteiger charge is -2.18. The van der Waals surface area contributed by atoms with Crippen LogP contribution in [0.5, 0.6) is 0 Å². The molecule has 348 valence electrons. The van der Waals surface area contributed by atoms with E-state index in [2.05, 4.69) is 69.4 Å². The van der Waals surface area contributed by atoms with Gasteiger partial charge >= 0.3 is 17.9 Å². The quantitative estimate of drug-likeness (QED) is 0.0263. The molecule has 0 unspecified atom stereocenters. The molecule has 0 aromatic rings. The van der Waals surface area contributed by atoms with E-state index in [1.807, 2.05) is 0 Å². The molecule has 0 aliphatic carbocycles. The molecule has 6 heteroatoms. The second kappa shape index (κ2) is 49.0. The van der Waals surface area contributed by atoms with Crippen molar-refractivity contribution in [2.45, 2.75) is 264 Å². The molecule has 0 fully saturated rings. The van der Waals surface area contributed by atoms with E-state index in [9.17, 15) is 14.4 Å². The summed E-state index contributed by atoms with van der Waals surface area (Å²) in [5.74, 6) is -0.896. The summed E-state index contributed by atoms with van der Waals surface area (Å²) >= 11 is 0. The first-order chi connectivity index (χ1) is 29.5. The van der Waals surface area contributed by atoms with Crippen molar-refractivity contribution in [1.29, 1.82) is 0 Å². The van der Waals surface area contributed by atoms with Crippen molar-refractivity contribution in [2.75, 3.05) is 13.2 Å². The van der Waals surface area contributed by atoms with Gasteiger partial charge in [0, 0.05) is 19.3 Å². The molecule has 0 bridgehead atoms. The van der Waals surface area contributed by atoms with Gasteiger partial charge in [0.15, 0.2) is 6.10 Å². The monoisotopic (exact) mass is 841 g/mol. The van der Waals surface area contributed by atoms with Crippen LogP contribution in [-0.2, 0) is 28.6 Å². The van der Waals surface area contributed by atoms with Gasteiger partial charge in [-0.2, -0.15) is 0 Å². The van der Waals surface area contributed by atoms with Crippen LogP contribution in [0.25, 0.3) is 0 Å². The van der Waals surface area contributed by atoms with Crippen molar-refractivity contribution in [2.24, 2.45) is 0 Å². The predicted octanol–water partition coefficient (Wildman–Crippen LogP) is 16.7. The molecule has 0 radical (unpaired) electrons. The van der Waals surface area contributed by atoms with Gasteiger partial charge in [0.05, 0.1) is 0 Å². The van der Waals surface area contributed by atoms with Crippen molar-refractivity contribution in [1.82, 2.24) is 0 Å². The average Bonchev–Trinajstić information content (AvgIpc) is 3.24. The van der Waals surface area contributed by atoms with Gasteiger partial charge in [-0.25, -0.2) is 0 Å². The van der Waals surface area contributed by atoms with E-state index in [-0.39, 0.29) is 31.1 Å². The average molecular weight is 841 g/mol. The Kier molecular flexibility index (Phi) is 46.9. The maximum Gasteiger partial charge on any atom is 0.306 e. The highest BCUT2D eigenvalue weighted by molar-refractivity contribution is 5.71. The molecule has 0 amide bonds. The van der Waals surface area contributed by atoms with Gasteiger partial charge in [-0.3, -0.25) is 14.4 Å². The number of carbonyl (C=O) groups excluding carboxylic acids is 3. The normalized spacial score (nSPS) is 12.4. The Labute approximate surface area is 371 Å². The van der Waals surface area contributed by atoms with Gasteiger partial charge in [0.25, 0.3) is 0 Å². The highest BCUT2D eigenvalue weighted by Gasteiger charge is 2.19. The summed E-state index contributed by atoms with van der Waals surface area (Å²) in [5.41, 5.74) is 0. The Bertz CT molecular complexity index is 1060. The third-order valence-corrected chi connectivity index (χ3v) is 11.1. The maximum absolute atomic E-state index is 12.7. The first-order valence-corrected chi connectivity index (χ1v) is 25.6. The zero-order chi connectivity index (χ0) is 43.7. The molecule has 0 rings (SSSR count). The molecule has 0 aromatic carbocycles. The maximum atomic E-state index is 12.7. The van der Waals surface area contributed by atoms with Gasteiger partial charge in [0.1, 0.15) is 13.2 Å². The smallest absolute Gasteiger partial charge is 0.306 e. The number of carbonyl (C=O) groups is 3. The largest absolute Gasteiger partial charge is 0.462 e. The van der Waals surface area contributed by atoms with Crippen molar-refractivity contribution < 1.29 is 28.6 Å².